The summed E-state index contributed by atoms with van der Waals surface area (Å²) in [6.07, 6.45) is 3.13. The molecule has 0 aliphatic carbocycles. The van der Waals surface area contributed by atoms with Crippen LogP contribution in [0, 0.1) is 27.7 Å². The molecule has 1 aliphatic rings. The summed E-state index contributed by atoms with van der Waals surface area (Å²) >= 11 is 0. The Labute approximate surface area is 166 Å². The quantitative estimate of drug-likeness (QED) is 0.618. The Bertz CT molecular complexity index is 898. The van der Waals surface area contributed by atoms with Crippen molar-refractivity contribution in [3.8, 4) is 0 Å². The summed E-state index contributed by atoms with van der Waals surface area (Å²) in [5, 5.41) is 0. The summed E-state index contributed by atoms with van der Waals surface area (Å²) in [5.41, 5.74) is 6.95. The summed E-state index contributed by atoms with van der Waals surface area (Å²) in [7, 11) is 0. The molecule has 1 aromatic heterocycles. The minimum Gasteiger partial charge on any atom is -0.340 e. The van der Waals surface area contributed by atoms with Gasteiger partial charge < -0.3 is 4.74 Å². The van der Waals surface area contributed by atoms with E-state index in [1.165, 1.54) is 22.3 Å². The third-order valence-corrected chi connectivity index (χ3v) is 4.84. The first kappa shape index (κ1) is 18.4. The van der Waals surface area contributed by atoms with Crippen LogP contribution in [0.3, 0.4) is 0 Å². The van der Waals surface area contributed by atoms with E-state index < -0.39 is 0 Å². The summed E-state index contributed by atoms with van der Waals surface area (Å²) in [6.45, 7) is 11.1. The molecule has 5 nitrogen and oxygen atoms in total. The molecule has 5 heteroatoms. The van der Waals surface area contributed by atoms with E-state index >= 15 is 0 Å². The van der Waals surface area contributed by atoms with E-state index in [0.29, 0.717) is 6.61 Å². The van der Waals surface area contributed by atoms with Crippen LogP contribution in [0.25, 0.3) is 0 Å². The lowest BCUT2D eigenvalue weighted by Crippen LogP contribution is -2.41. The van der Waals surface area contributed by atoms with Crippen LogP contribution in [0.1, 0.15) is 29.2 Å². The van der Waals surface area contributed by atoms with Gasteiger partial charge in [0.05, 0.1) is 0 Å². The summed E-state index contributed by atoms with van der Waals surface area (Å²) < 4.78 is 6.25. The molecule has 2 heterocycles. The molecule has 0 atom stereocenters. The molecule has 0 spiro atoms. The van der Waals surface area contributed by atoms with Crippen molar-refractivity contribution in [2.24, 2.45) is 0 Å². The molecule has 4 rings (SSSR count). The van der Waals surface area contributed by atoms with Crippen molar-refractivity contribution >= 4 is 23.0 Å². The zero-order chi connectivity index (χ0) is 19.8. The first-order valence-electron chi connectivity index (χ1n) is 9.65. The third kappa shape index (κ3) is 3.22. The second-order valence-electron chi connectivity index (χ2n) is 7.42. The fourth-order valence-corrected chi connectivity index (χ4v) is 3.97. The van der Waals surface area contributed by atoms with Crippen LogP contribution in [-0.2, 0) is 4.74 Å². The van der Waals surface area contributed by atoms with Gasteiger partial charge in [0.2, 0.25) is 6.35 Å². The van der Waals surface area contributed by atoms with Crippen molar-refractivity contribution in [3.05, 3.63) is 71.0 Å². The zero-order valence-electron chi connectivity index (χ0n) is 17.1. The average Bonchev–Trinajstić information content (AvgIpc) is 2.94. The first-order valence-corrected chi connectivity index (χ1v) is 9.65. The van der Waals surface area contributed by atoms with Crippen molar-refractivity contribution in [2.75, 3.05) is 16.4 Å². The van der Waals surface area contributed by atoms with Crippen LogP contribution in [0.4, 0.5) is 23.0 Å². The van der Waals surface area contributed by atoms with Crippen LogP contribution < -0.4 is 9.80 Å². The number of aryl methyl sites for hydroxylation is 4. The zero-order valence-corrected chi connectivity index (χ0v) is 17.1. The Morgan fingerprint density at radius 1 is 0.714 bits per heavy atom. The molecule has 1 aliphatic heterocycles. The third-order valence-electron chi connectivity index (χ3n) is 4.84. The van der Waals surface area contributed by atoms with E-state index in [1.807, 2.05) is 6.92 Å². The SMILES string of the molecule is CCOC1N(c2cc(C)cc(C)c2)c2nccnc2N1c1cc(C)cc(C)c1. The van der Waals surface area contributed by atoms with Crippen molar-refractivity contribution in [1.29, 1.82) is 0 Å². The number of nitrogens with zero attached hydrogens (tertiary/aromatic N) is 4. The van der Waals surface area contributed by atoms with Gasteiger partial charge in [-0.2, -0.15) is 0 Å². The molecule has 0 radical (unpaired) electrons. The van der Waals surface area contributed by atoms with Gasteiger partial charge in [0.1, 0.15) is 0 Å². The Morgan fingerprint density at radius 3 is 1.46 bits per heavy atom. The fourth-order valence-electron chi connectivity index (χ4n) is 3.97. The van der Waals surface area contributed by atoms with Crippen molar-refractivity contribution in [3.63, 3.8) is 0 Å². The number of hydrogen-bond acceptors (Lipinski definition) is 5. The van der Waals surface area contributed by atoms with Gasteiger partial charge in [-0.05, 0) is 81.1 Å². The van der Waals surface area contributed by atoms with Crippen LogP contribution in [0.5, 0.6) is 0 Å². The normalized spacial score (nSPS) is 13.9. The van der Waals surface area contributed by atoms with E-state index in [9.17, 15) is 0 Å². The topological polar surface area (TPSA) is 41.5 Å². The standard InChI is InChI=1S/C23H26N4O/c1-6-28-23-26(19-11-15(2)9-16(3)12-19)21-22(25-8-7-24-21)27(23)20-13-17(4)10-18(5)14-20/h7-14,23H,6H2,1-5H3. The minimum absolute atomic E-state index is 0.343. The van der Waals surface area contributed by atoms with Gasteiger partial charge in [-0.15, -0.1) is 0 Å². The maximum Gasteiger partial charge on any atom is 0.221 e. The highest BCUT2D eigenvalue weighted by atomic mass is 16.5. The highest BCUT2D eigenvalue weighted by molar-refractivity contribution is 5.83. The molecule has 0 saturated carbocycles. The number of benzene rings is 2. The van der Waals surface area contributed by atoms with E-state index in [2.05, 4.69) is 83.9 Å². The van der Waals surface area contributed by atoms with Gasteiger partial charge in [0, 0.05) is 30.4 Å². The molecule has 0 saturated heterocycles. The second-order valence-corrected chi connectivity index (χ2v) is 7.42. The van der Waals surface area contributed by atoms with Gasteiger partial charge in [-0.1, -0.05) is 12.1 Å². The van der Waals surface area contributed by atoms with E-state index in [4.69, 9.17) is 4.74 Å². The van der Waals surface area contributed by atoms with Gasteiger partial charge in [-0.25, -0.2) is 9.97 Å². The van der Waals surface area contributed by atoms with Crippen LogP contribution in [-0.4, -0.2) is 22.9 Å². The maximum atomic E-state index is 6.25. The Hall–Kier alpha value is -2.92. The van der Waals surface area contributed by atoms with Crippen molar-refractivity contribution in [1.82, 2.24) is 9.97 Å². The predicted molar refractivity (Wildman–Crippen MR) is 114 cm³/mol. The number of anilines is 4. The Morgan fingerprint density at radius 2 is 1.11 bits per heavy atom. The number of ether oxygens (including phenoxy) is 1. The predicted octanol–water partition coefficient (Wildman–Crippen LogP) is 5.32. The Kier molecular flexibility index (Phi) is 4.77. The summed E-state index contributed by atoms with van der Waals surface area (Å²) in [5.74, 6) is 1.62. The lowest BCUT2D eigenvalue weighted by atomic mass is 10.1. The largest absolute Gasteiger partial charge is 0.340 e. The maximum absolute atomic E-state index is 6.25. The van der Waals surface area contributed by atoms with Crippen molar-refractivity contribution in [2.45, 2.75) is 41.0 Å². The van der Waals surface area contributed by atoms with Gasteiger partial charge in [0.15, 0.2) is 11.6 Å². The average molecular weight is 374 g/mol. The summed E-state index contributed by atoms with van der Waals surface area (Å²) in [6, 6.07) is 13.0. The van der Waals surface area contributed by atoms with Crippen LogP contribution in [0.15, 0.2) is 48.8 Å². The Balaban J connectivity index is 1.92. The number of hydrogen-bond donors (Lipinski definition) is 0. The molecule has 0 amide bonds. The number of fused-ring (bicyclic) bond motifs is 1. The van der Waals surface area contributed by atoms with Crippen LogP contribution in [0.2, 0.25) is 0 Å². The molecule has 0 bridgehead atoms. The summed E-state index contributed by atoms with van der Waals surface area (Å²) in [4.78, 5) is 13.6. The number of rotatable bonds is 4. The lowest BCUT2D eigenvalue weighted by molar-refractivity contribution is 0.0767. The number of aromatic nitrogens is 2. The van der Waals surface area contributed by atoms with Crippen LogP contribution >= 0.6 is 0 Å². The van der Waals surface area contributed by atoms with Gasteiger partial charge >= 0.3 is 0 Å². The first-order chi connectivity index (χ1) is 13.5. The molecular weight excluding hydrogens is 348 g/mol. The van der Waals surface area contributed by atoms with Gasteiger partial charge in [-0.3, -0.25) is 9.80 Å². The van der Waals surface area contributed by atoms with E-state index in [-0.39, 0.29) is 6.35 Å². The molecule has 3 aromatic rings. The highest BCUT2D eigenvalue weighted by Gasteiger charge is 2.41. The highest BCUT2D eigenvalue weighted by Crippen LogP contribution is 2.45. The molecule has 28 heavy (non-hydrogen) atoms. The van der Waals surface area contributed by atoms with Gasteiger partial charge in [0.25, 0.3) is 0 Å². The molecule has 0 N–H and O–H groups in total. The fraction of sp³-hybridized carbons (Fsp3) is 0.304. The second kappa shape index (κ2) is 7.24. The molecule has 2 aromatic carbocycles. The molecule has 0 fully saturated rings. The monoisotopic (exact) mass is 374 g/mol. The molecule has 144 valence electrons. The molecule has 0 unspecified atom stereocenters. The van der Waals surface area contributed by atoms with E-state index in [1.54, 1.807) is 12.4 Å². The lowest BCUT2D eigenvalue weighted by Gasteiger charge is -2.32. The van der Waals surface area contributed by atoms with Crippen molar-refractivity contribution < 1.29 is 4.74 Å². The smallest absolute Gasteiger partial charge is 0.221 e. The molecular formula is C23H26N4O. The minimum atomic E-state index is -0.343. The van der Waals surface area contributed by atoms with E-state index in [0.717, 1.165) is 23.0 Å².